The number of aromatic nitrogens is 4. The Labute approximate surface area is 129 Å². The van der Waals surface area contributed by atoms with Crippen molar-refractivity contribution in [1.82, 2.24) is 30.4 Å². The SMILES string of the molecule is CCN1CCNC[C@H]1c1cc(Cl)cc(-c2nnn(C)n2)c1. The molecule has 1 atom stereocenters. The van der Waals surface area contributed by atoms with Gasteiger partial charge in [0.2, 0.25) is 5.82 Å². The second kappa shape index (κ2) is 6.09. The number of piperazine rings is 1. The first kappa shape index (κ1) is 14.4. The van der Waals surface area contributed by atoms with E-state index in [1.807, 2.05) is 12.1 Å². The molecule has 0 unspecified atom stereocenters. The molecule has 112 valence electrons. The average Bonchev–Trinajstić information content (AvgIpc) is 2.93. The minimum Gasteiger partial charge on any atom is -0.314 e. The van der Waals surface area contributed by atoms with Crippen molar-refractivity contribution in [2.24, 2.45) is 7.05 Å². The van der Waals surface area contributed by atoms with E-state index >= 15 is 0 Å². The van der Waals surface area contributed by atoms with E-state index in [9.17, 15) is 0 Å². The summed E-state index contributed by atoms with van der Waals surface area (Å²) in [7, 11) is 1.76. The van der Waals surface area contributed by atoms with Gasteiger partial charge >= 0.3 is 0 Å². The molecule has 3 rings (SSSR count). The van der Waals surface area contributed by atoms with Gasteiger partial charge in [-0.05, 0) is 35.5 Å². The Bertz CT molecular complexity index is 626. The Morgan fingerprint density at radius 2 is 2.24 bits per heavy atom. The van der Waals surface area contributed by atoms with Crippen LogP contribution >= 0.6 is 11.6 Å². The summed E-state index contributed by atoms with van der Waals surface area (Å²) in [6.45, 7) is 6.23. The molecular formula is C14H19ClN6. The summed E-state index contributed by atoms with van der Waals surface area (Å²) >= 11 is 6.30. The lowest BCUT2D eigenvalue weighted by Crippen LogP contribution is -2.45. The molecule has 1 aliphatic rings. The zero-order valence-electron chi connectivity index (χ0n) is 12.3. The first-order valence-electron chi connectivity index (χ1n) is 7.17. The van der Waals surface area contributed by atoms with Crippen molar-refractivity contribution in [3.63, 3.8) is 0 Å². The lowest BCUT2D eigenvalue weighted by Gasteiger charge is -2.35. The second-order valence-corrected chi connectivity index (χ2v) is 5.66. The summed E-state index contributed by atoms with van der Waals surface area (Å²) < 4.78 is 0. The van der Waals surface area contributed by atoms with Gasteiger partial charge in [0.05, 0.1) is 7.05 Å². The van der Waals surface area contributed by atoms with E-state index in [-0.39, 0.29) is 0 Å². The minimum atomic E-state index is 0.331. The molecule has 6 nitrogen and oxygen atoms in total. The molecule has 7 heteroatoms. The van der Waals surface area contributed by atoms with Crippen LogP contribution in [0.2, 0.25) is 5.02 Å². The van der Waals surface area contributed by atoms with Gasteiger partial charge in [-0.15, -0.1) is 10.2 Å². The normalized spacial score (nSPS) is 19.9. The number of likely N-dealkylation sites (N-methyl/N-ethyl adjacent to an activating group) is 1. The molecule has 0 aliphatic carbocycles. The highest BCUT2D eigenvalue weighted by Gasteiger charge is 2.23. The van der Waals surface area contributed by atoms with Gasteiger partial charge in [-0.25, -0.2) is 0 Å². The lowest BCUT2D eigenvalue weighted by molar-refractivity contribution is 0.171. The molecule has 1 saturated heterocycles. The van der Waals surface area contributed by atoms with Crippen LogP contribution in [0.15, 0.2) is 18.2 Å². The minimum absolute atomic E-state index is 0.331. The molecular weight excluding hydrogens is 288 g/mol. The highest BCUT2D eigenvalue weighted by atomic mass is 35.5. The van der Waals surface area contributed by atoms with E-state index in [2.05, 4.69) is 38.6 Å². The van der Waals surface area contributed by atoms with Gasteiger partial charge in [0, 0.05) is 36.3 Å². The quantitative estimate of drug-likeness (QED) is 0.931. The zero-order chi connectivity index (χ0) is 14.8. The average molecular weight is 307 g/mol. The third-order valence-corrected chi connectivity index (χ3v) is 4.05. The molecule has 1 aliphatic heterocycles. The Morgan fingerprint density at radius 1 is 1.38 bits per heavy atom. The predicted octanol–water partition coefficient (Wildman–Crippen LogP) is 1.50. The van der Waals surface area contributed by atoms with Gasteiger partial charge < -0.3 is 5.32 Å². The first-order valence-corrected chi connectivity index (χ1v) is 7.55. The predicted molar refractivity (Wildman–Crippen MR) is 82.1 cm³/mol. The molecule has 1 aromatic heterocycles. The molecule has 0 amide bonds. The van der Waals surface area contributed by atoms with Gasteiger partial charge in [-0.2, -0.15) is 4.80 Å². The lowest BCUT2D eigenvalue weighted by atomic mass is 10.0. The second-order valence-electron chi connectivity index (χ2n) is 5.22. The summed E-state index contributed by atoms with van der Waals surface area (Å²) in [4.78, 5) is 3.91. The summed E-state index contributed by atoms with van der Waals surface area (Å²) in [5.74, 6) is 0.605. The highest BCUT2D eigenvalue weighted by Crippen LogP contribution is 2.29. The largest absolute Gasteiger partial charge is 0.314 e. The smallest absolute Gasteiger partial charge is 0.204 e. The third kappa shape index (κ3) is 3.07. The molecule has 1 aromatic carbocycles. The fourth-order valence-corrected chi connectivity index (χ4v) is 3.03. The number of halogens is 1. The summed E-state index contributed by atoms with van der Waals surface area (Å²) in [5.41, 5.74) is 2.10. The van der Waals surface area contributed by atoms with Crippen molar-refractivity contribution in [2.75, 3.05) is 26.2 Å². The van der Waals surface area contributed by atoms with Crippen LogP contribution in [-0.4, -0.2) is 51.3 Å². The molecule has 0 spiro atoms. The number of rotatable bonds is 3. The Hall–Kier alpha value is -1.50. The van der Waals surface area contributed by atoms with Gasteiger partial charge in [0.1, 0.15) is 0 Å². The van der Waals surface area contributed by atoms with Crippen LogP contribution in [0.1, 0.15) is 18.5 Å². The Balaban J connectivity index is 1.97. The number of nitrogens with zero attached hydrogens (tertiary/aromatic N) is 5. The summed E-state index contributed by atoms with van der Waals surface area (Å²) in [5, 5.41) is 16.4. The standard InChI is InChI=1S/C14H19ClN6/c1-3-21-5-4-16-9-13(21)10-6-11(8-12(15)7-10)14-17-19-20(2)18-14/h6-8,13,16H,3-5,9H2,1-2H3/t13-/m0/s1. The molecule has 1 fully saturated rings. The van der Waals surface area contributed by atoms with Crippen LogP contribution in [0.3, 0.4) is 0 Å². The highest BCUT2D eigenvalue weighted by molar-refractivity contribution is 6.30. The topological polar surface area (TPSA) is 58.9 Å². The monoisotopic (exact) mass is 306 g/mol. The van der Waals surface area contributed by atoms with E-state index in [0.29, 0.717) is 16.9 Å². The van der Waals surface area contributed by atoms with Crippen molar-refractivity contribution < 1.29 is 0 Å². The van der Waals surface area contributed by atoms with Crippen molar-refractivity contribution in [3.8, 4) is 11.4 Å². The van der Waals surface area contributed by atoms with Crippen LogP contribution in [0.25, 0.3) is 11.4 Å². The van der Waals surface area contributed by atoms with Crippen molar-refractivity contribution in [2.45, 2.75) is 13.0 Å². The van der Waals surface area contributed by atoms with E-state index in [0.717, 1.165) is 31.7 Å². The van der Waals surface area contributed by atoms with Crippen LogP contribution in [0.5, 0.6) is 0 Å². The summed E-state index contributed by atoms with van der Waals surface area (Å²) in [6.07, 6.45) is 0. The maximum atomic E-state index is 6.30. The van der Waals surface area contributed by atoms with E-state index < -0.39 is 0 Å². The molecule has 1 N–H and O–H groups in total. The van der Waals surface area contributed by atoms with Gasteiger partial charge in [0.25, 0.3) is 0 Å². The van der Waals surface area contributed by atoms with Gasteiger partial charge in [0.15, 0.2) is 0 Å². The first-order chi connectivity index (χ1) is 10.2. The molecule has 0 saturated carbocycles. The number of hydrogen-bond donors (Lipinski definition) is 1. The number of tetrazole rings is 1. The maximum Gasteiger partial charge on any atom is 0.204 e. The maximum absolute atomic E-state index is 6.30. The fraction of sp³-hybridized carbons (Fsp3) is 0.500. The molecule has 2 heterocycles. The third-order valence-electron chi connectivity index (χ3n) is 3.83. The molecule has 0 bridgehead atoms. The van der Waals surface area contributed by atoms with Crippen LogP contribution in [-0.2, 0) is 7.05 Å². The van der Waals surface area contributed by atoms with Crippen molar-refractivity contribution in [1.29, 1.82) is 0 Å². The summed E-state index contributed by atoms with van der Waals surface area (Å²) in [6, 6.07) is 6.36. The molecule has 2 aromatic rings. The van der Waals surface area contributed by atoms with Crippen molar-refractivity contribution in [3.05, 3.63) is 28.8 Å². The number of hydrogen-bond acceptors (Lipinski definition) is 5. The van der Waals surface area contributed by atoms with Crippen LogP contribution in [0.4, 0.5) is 0 Å². The van der Waals surface area contributed by atoms with E-state index in [1.165, 1.54) is 10.4 Å². The van der Waals surface area contributed by atoms with Crippen LogP contribution < -0.4 is 5.32 Å². The van der Waals surface area contributed by atoms with Gasteiger partial charge in [-0.1, -0.05) is 18.5 Å². The van der Waals surface area contributed by atoms with Crippen LogP contribution in [0, 0.1) is 0 Å². The Morgan fingerprint density at radius 3 is 2.95 bits per heavy atom. The number of aryl methyl sites for hydroxylation is 1. The number of nitrogens with one attached hydrogen (secondary N) is 1. The molecule has 21 heavy (non-hydrogen) atoms. The van der Waals surface area contributed by atoms with Crippen molar-refractivity contribution >= 4 is 11.6 Å². The van der Waals surface area contributed by atoms with E-state index in [1.54, 1.807) is 7.05 Å². The van der Waals surface area contributed by atoms with Gasteiger partial charge in [-0.3, -0.25) is 4.90 Å². The Kier molecular flexibility index (Phi) is 4.19. The van der Waals surface area contributed by atoms with E-state index in [4.69, 9.17) is 11.6 Å². The molecule has 0 radical (unpaired) electrons. The fourth-order valence-electron chi connectivity index (χ4n) is 2.79. The number of benzene rings is 1. The zero-order valence-corrected chi connectivity index (χ0v) is 13.0.